The van der Waals surface area contributed by atoms with Crippen molar-refractivity contribution in [3.63, 3.8) is 0 Å². The molecule has 1 aromatic rings. The van der Waals surface area contributed by atoms with Gasteiger partial charge in [-0.05, 0) is 5.56 Å². The first kappa shape index (κ1) is 18.3. The lowest BCUT2D eigenvalue weighted by molar-refractivity contribution is 0.0881. The van der Waals surface area contributed by atoms with Crippen LogP contribution in [-0.2, 0) is 16.1 Å². The van der Waals surface area contributed by atoms with E-state index in [4.69, 9.17) is 9.47 Å². The summed E-state index contributed by atoms with van der Waals surface area (Å²) in [7, 11) is 0. The summed E-state index contributed by atoms with van der Waals surface area (Å²) in [6.45, 7) is 4.40. The zero-order chi connectivity index (χ0) is 18.1. The number of nitriles is 1. The fourth-order valence-corrected chi connectivity index (χ4v) is 2.51. The van der Waals surface area contributed by atoms with Gasteiger partial charge in [0.15, 0.2) is 0 Å². The number of amides is 2. The summed E-state index contributed by atoms with van der Waals surface area (Å²) < 4.78 is 10.1. The molecule has 0 saturated carbocycles. The number of rotatable bonds is 5. The van der Waals surface area contributed by atoms with Crippen LogP contribution in [0.2, 0.25) is 0 Å². The highest BCUT2D eigenvalue weighted by Crippen LogP contribution is 2.22. The zero-order valence-corrected chi connectivity index (χ0v) is 13.9. The molecule has 132 valence electrons. The maximum Gasteiger partial charge on any atom is 0.410 e. The Kier molecular flexibility index (Phi) is 6.40. The van der Waals surface area contributed by atoms with Gasteiger partial charge in [0.1, 0.15) is 18.8 Å². The van der Waals surface area contributed by atoms with E-state index in [9.17, 15) is 14.9 Å². The SMILES string of the molecule is C=CCOC(=O)N1CCC(C#N)(NC(=O)OCc2ccccc2)CC1. The van der Waals surface area contributed by atoms with Crippen molar-refractivity contribution in [2.45, 2.75) is 25.0 Å². The summed E-state index contributed by atoms with van der Waals surface area (Å²) in [5.74, 6) is 0. The van der Waals surface area contributed by atoms with Crippen molar-refractivity contribution in [2.24, 2.45) is 0 Å². The Hall–Kier alpha value is -3.01. The maximum atomic E-state index is 12.0. The van der Waals surface area contributed by atoms with Crippen molar-refractivity contribution in [2.75, 3.05) is 19.7 Å². The molecule has 25 heavy (non-hydrogen) atoms. The summed E-state index contributed by atoms with van der Waals surface area (Å²) in [4.78, 5) is 25.3. The van der Waals surface area contributed by atoms with Crippen molar-refractivity contribution in [3.8, 4) is 6.07 Å². The Balaban J connectivity index is 1.83. The lowest BCUT2D eigenvalue weighted by Crippen LogP contribution is -2.55. The predicted molar refractivity (Wildman–Crippen MR) is 90.5 cm³/mol. The summed E-state index contributed by atoms with van der Waals surface area (Å²) in [5.41, 5.74) is -0.174. The van der Waals surface area contributed by atoms with Gasteiger partial charge in [-0.15, -0.1) is 0 Å². The Bertz CT molecular complexity index is 646. The second-order valence-corrected chi connectivity index (χ2v) is 5.73. The Morgan fingerprint density at radius 3 is 2.56 bits per heavy atom. The quantitative estimate of drug-likeness (QED) is 0.830. The van der Waals surface area contributed by atoms with Gasteiger partial charge in [-0.1, -0.05) is 43.0 Å². The van der Waals surface area contributed by atoms with Crippen molar-refractivity contribution < 1.29 is 19.1 Å². The van der Waals surface area contributed by atoms with Crippen LogP contribution in [0.5, 0.6) is 0 Å². The molecule has 0 radical (unpaired) electrons. The molecule has 1 fully saturated rings. The molecule has 1 saturated heterocycles. The molecular weight excluding hydrogens is 322 g/mol. The molecule has 2 amide bonds. The molecule has 7 heteroatoms. The first-order valence-electron chi connectivity index (χ1n) is 8.01. The fourth-order valence-electron chi connectivity index (χ4n) is 2.51. The van der Waals surface area contributed by atoms with E-state index < -0.39 is 17.7 Å². The average molecular weight is 343 g/mol. The minimum atomic E-state index is -1.04. The predicted octanol–water partition coefficient (Wildman–Crippen LogP) is 2.59. The first-order valence-corrected chi connectivity index (χ1v) is 8.01. The molecule has 1 aromatic carbocycles. The van der Waals surface area contributed by atoms with E-state index in [0.717, 1.165) is 5.56 Å². The van der Waals surface area contributed by atoms with Crippen LogP contribution in [-0.4, -0.2) is 42.3 Å². The van der Waals surface area contributed by atoms with E-state index in [2.05, 4.69) is 18.0 Å². The third-order valence-electron chi connectivity index (χ3n) is 3.97. The zero-order valence-electron chi connectivity index (χ0n) is 13.9. The van der Waals surface area contributed by atoms with Crippen LogP contribution in [0.25, 0.3) is 0 Å². The summed E-state index contributed by atoms with van der Waals surface area (Å²) in [6, 6.07) is 11.4. The van der Waals surface area contributed by atoms with E-state index in [1.54, 1.807) is 0 Å². The number of carbonyl (C=O) groups is 2. The van der Waals surface area contributed by atoms with Gasteiger partial charge in [-0.3, -0.25) is 0 Å². The monoisotopic (exact) mass is 343 g/mol. The fraction of sp³-hybridized carbons (Fsp3) is 0.389. The topological polar surface area (TPSA) is 91.7 Å². The van der Waals surface area contributed by atoms with Crippen LogP contribution >= 0.6 is 0 Å². The largest absolute Gasteiger partial charge is 0.445 e. The van der Waals surface area contributed by atoms with Crippen LogP contribution in [0.4, 0.5) is 9.59 Å². The Morgan fingerprint density at radius 2 is 1.96 bits per heavy atom. The molecule has 0 atom stereocenters. The van der Waals surface area contributed by atoms with Crippen molar-refractivity contribution in [1.29, 1.82) is 5.26 Å². The third kappa shape index (κ3) is 5.24. The van der Waals surface area contributed by atoms with Crippen LogP contribution in [0.3, 0.4) is 0 Å². The summed E-state index contributed by atoms with van der Waals surface area (Å²) >= 11 is 0. The summed E-state index contributed by atoms with van der Waals surface area (Å²) in [5, 5.41) is 12.1. The Labute approximate surface area is 146 Å². The van der Waals surface area contributed by atoms with E-state index in [-0.39, 0.29) is 13.2 Å². The first-order chi connectivity index (χ1) is 12.1. The highest BCUT2D eigenvalue weighted by atomic mass is 16.6. The lowest BCUT2D eigenvalue weighted by Gasteiger charge is -2.36. The number of nitrogens with one attached hydrogen (secondary N) is 1. The van der Waals surface area contributed by atoms with Gasteiger partial charge >= 0.3 is 12.2 Å². The van der Waals surface area contributed by atoms with Gasteiger partial charge in [-0.2, -0.15) is 5.26 Å². The second-order valence-electron chi connectivity index (χ2n) is 5.73. The molecule has 0 bridgehead atoms. The number of alkyl carbamates (subject to hydrolysis) is 1. The summed E-state index contributed by atoms with van der Waals surface area (Å²) in [6.07, 6.45) is 1.03. The minimum Gasteiger partial charge on any atom is -0.445 e. The van der Waals surface area contributed by atoms with E-state index in [1.807, 2.05) is 30.3 Å². The van der Waals surface area contributed by atoms with Gasteiger partial charge in [-0.25, -0.2) is 9.59 Å². The van der Waals surface area contributed by atoms with Crippen LogP contribution in [0.1, 0.15) is 18.4 Å². The van der Waals surface area contributed by atoms with Crippen LogP contribution in [0, 0.1) is 11.3 Å². The van der Waals surface area contributed by atoms with Crippen molar-refractivity contribution >= 4 is 12.2 Å². The number of hydrogen-bond donors (Lipinski definition) is 1. The highest BCUT2D eigenvalue weighted by molar-refractivity contribution is 5.70. The lowest BCUT2D eigenvalue weighted by atomic mass is 9.89. The average Bonchev–Trinajstić information content (AvgIpc) is 2.66. The second kappa shape index (κ2) is 8.73. The highest BCUT2D eigenvalue weighted by Gasteiger charge is 2.38. The molecule has 1 N–H and O–H groups in total. The Morgan fingerprint density at radius 1 is 1.28 bits per heavy atom. The molecule has 7 nitrogen and oxygen atoms in total. The molecule has 0 spiro atoms. The number of benzene rings is 1. The van der Waals surface area contributed by atoms with Gasteiger partial charge in [0.05, 0.1) is 6.07 Å². The molecule has 1 aliphatic rings. The van der Waals surface area contributed by atoms with Gasteiger partial charge in [0.2, 0.25) is 0 Å². The number of carbonyl (C=O) groups excluding carboxylic acids is 2. The number of nitrogens with zero attached hydrogens (tertiary/aromatic N) is 2. The number of ether oxygens (including phenoxy) is 2. The van der Waals surface area contributed by atoms with Gasteiger partial charge < -0.3 is 19.7 Å². The maximum absolute atomic E-state index is 12.0. The third-order valence-corrected chi connectivity index (χ3v) is 3.97. The van der Waals surface area contributed by atoms with Gasteiger partial charge in [0.25, 0.3) is 0 Å². The molecule has 0 aromatic heterocycles. The smallest absolute Gasteiger partial charge is 0.410 e. The van der Waals surface area contributed by atoms with Crippen molar-refractivity contribution in [1.82, 2.24) is 10.2 Å². The van der Waals surface area contributed by atoms with Crippen LogP contribution < -0.4 is 5.32 Å². The molecular formula is C18H21N3O4. The normalized spacial score (nSPS) is 15.6. The van der Waals surface area contributed by atoms with Crippen molar-refractivity contribution in [3.05, 3.63) is 48.6 Å². The number of hydrogen-bond acceptors (Lipinski definition) is 5. The van der Waals surface area contributed by atoms with Crippen LogP contribution in [0.15, 0.2) is 43.0 Å². The van der Waals surface area contributed by atoms with E-state index >= 15 is 0 Å². The number of piperidine rings is 1. The molecule has 1 aliphatic heterocycles. The molecule has 0 unspecified atom stereocenters. The molecule has 1 heterocycles. The molecule has 2 rings (SSSR count). The van der Waals surface area contributed by atoms with E-state index in [0.29, 0.717) is 25.9 Å². The van der Waals surface area contributed by atoms with E-state index in [1.165, 1.54) is 11.0 Å². The number of likely N-dealkylation sites (tertiary alicyclic amines) is 1. The molecule has 0 aliphatic carbocycles. The van der Waals surface area contributed by atoms with Gasteiger partial charge in [0, 0.05) is 25.9 Å². The minimum absolute atomic E-state index is 0.133. The standard InChI is InChI=1S/C18H21N3O4/c1-2-12-24-17(23)21-10-8-18(14-19,9-11-21)20-16(22)25-13-15-6-4-3-5-7-15/h2-7H,1,8-13H2,(H,20,22).